The lowest BCUT2D eigenvalue weighted by Crippen LogP contribution is -2.04. The smallest absolute Gasteiger partial charge is 0.359 e. The van der Waals surface area contributed by atoms with E-state index in [0.717, 1.165) is 20.3 Å². The number of carboxylic acids is 1. The van der Waals surface area contributed by atoms with E-state index < -0.39 is 11.9 Å². The number of esters is 1. The van der Waals surface area contributed by atoms with Crippen LogP contribution in [0.2, 0.25) is 5.15 Å². The Morgan fingerprint density at radius 3 is 1.98 bits per heavy atom. The second-order valence-corrected chi connectivity index (χ2v) is 11.0. The van der Waals surface area contributed by atoms with Crippen molar-refractivity contribution in [2.75, 3.05) is 13.7 Å². The fourth-order valence-corrected chi connectivity index (χ4v) is 5.15. The van der Waals surface area contributed by atoms with E-state index in [-0.39, 0.29) is 11.4 Å². The Morgan fingerprint density at radius 1 is 0.860 bits per heavy atom. The number of carboxylic acid groups (broad SMARTS) is 1. The second-order valence-electron chi connectivity index (χ2n) is 8.77. The minimum atomic E-state index is -1.09. The number of aromatic carboxylic acids is 1. The number of hydrogen-bond donors (Lipinski definition) is 1. The number of carbonyl (C=O) groups excluding carboxylic acids is 1. The number of carbonyl (C=O) groups is 2. The Balaban J connectivity index is 0.000000171. The van der Waals surface area contributed by atoms with Crippen LogP contribution in [0.1, 0.15) is 27.9 Å². The number of methoxy groups -OCH3 is 1. The third-order valence-corrected chi connectivity index (χ3v) is 7.24. The second kappa shape index (κ2) is 12.9. The molecule has 11 nitrogen and oxygen atoms in total. The zero-order valence-corrected chi connectivity index (χ0v) is 26.5. The third-order valence-electron chi connectivity index (χ3n) is 6.05. The Kier molecular flexibility index (Phi) is 9.04. The van der Waals surface area contributed by atoms with Gasteiger partial charge in [-0.25, -0.2) is 28.9 Å². The number of ether oxygens (including phenoxy) is 2. The van der Waals surface area contributed by atoms with Crippen LogP contribution in [0.25, 0.3) is 33.2 Å². The lowest BCUT2D eigenvalue weighted by molar-refractivity contribution is 0.0594. The van der Waals surface area contributed by atoms with E-state index in [2.05, 4.69) is 52.0 Å². The average Bonchev–Trinajstić information content (AvgIpc) is 3.56. The minimum Gasteiger partial charge on any atom is -0.478 e. The van der Waals surface area contributed by atoms with E-state index in [0.29, 0.717) is 39.4 Å². The molecule has 0 aliphatic heterocycles. The molecule has 0 atom stereocenters. The molecule has 43 heavy (non-hydrogen) atoms. The van der Waals surface area contributed by atoms with E-state index in [9.17, 15) is 14.7 Å². The normalized spacial score (nSPS) is 10.8. The maximum Gasteiger partial charge on any atom is 0.359 e. The monoisotopic (exact) mass is 726 g/mol. The number of benzene rings is 2. The van der Waals surface area contributed by atoms with Crippen LogP contribution < -0.4 is 4.74 Å². The molecule has 0 aliphatic rings. The van der Waals surface area contributed by atoms with Crippen LogP contribution in [0.15, 0.2) is 82.0 Å². The highest BCUT2D eigenvalue weighted by Crippen LogP contribution is 2.27. The quantitative estimate of drug-likeness (QED) is 0.144. The molecule has 0 aliphatic carbocycles. The summed E-state index contributed by atoms with van der Waals surface area (Å²) >= 11 is 12.8. The average molecular weight is 729 g/mol. The van der Waals surface area contributed by atoms with E-state index >= 15 is 0 Å². The number of rotatable bonds is 6. The Morgan fingerprint density at radius 2 is 1.42 bits per heavy atom. The van der Waals surface area contributed by atoms with Gasteiger partial charge in [-0.15, -0.1) is 0 Å². The van der Waals surface area contributed by atoms with Crippen molar-refractivity contribution in [3.8, 4) is 17.3 Å². The molecule has 0 unspecified atom stereocenters. The zero-order chi connectivity index (χ0) is 30.7. The highest BCUT2D eigenvalue weighted by Gasteiger charge is 2.20. The first-order valence-electron chi connectivity index (χ1n) is 12.6. The van der Waals surface area contributed by atoms with Crippen molar-refractivity contribution in [3.63, 3.8) is 0 Å². The zero-order valence-electron chi connectivity index (χ0n) is 22.5. The Labute approximate surface area is 266 Å². The molecule has 1 N–H and O–H groups in total. The van der Waals surface area contributed by atoms with E-state index in [1.54, 1.807) is 21.5 Å². The van der Waals surface area contributed by atoms with Crippen molar-refractivity contribution in [1.29, 1.82) is 0 Å². The van der Waals surface area contributed by atoms with Gasteiger partial charge in [0.05, 0.1) is 46.9 Å². The molecule has 0 amide bonds. The summed E-state index contributed by atoms with van der Waals surface area (Å²) < 4.78 is 15.2. The maximum absolute atomic E-state index is 11.9. The number of hydrogen-bond acceptors (Lipinski definition) is 8. The van der Waals surface area contributed by atoms with Gasteiger partial charge in [0.25, 0.3) is 0 Å². The summed E-state index contributed by atoms with van der Waals surface area (Å²) in [7, 11) is 1.32. The first-order chi connectivity index (χ1) is 20.7. The molecule has 6 rings (SSSR count). The molecular weight excluding hydrogens is 708 g/mol. The Hall–Kier alpha value is -4.33. The first-order valence-corrected chi connectivity index (χ1v) is 14.6. The van der Waals surface area contributed by atoms with Gasteiger partial charge in [-0.3, -0.25) is 0 Å². The molecule has 6 aromatic rings. The number of fused-ring (bicyclic) bond motifs is 2. The van der Waals surface area contributed by atoms with Crippen LogP contribution in [0.5, 0.6) is 5.88 Å². The molecule has 0 fully saturated rings. The predicted octanol–water partition coefficient (Wildman–Crippen LogP) is 6.90. The summed E-state index contributed by atoms with van der Waals surface area (Å²) in [5.41, 5.74) is 3.04. The van der Waals surface area contributed by atoms with Crippen LogP contribution in [-0.4, -0.2) is 60.3 Å². The van der Waals surface area contributed by atoms with Gasteiger partial charge < -0.3 is 14.6 Å². The molecule has 218 valence electrons. The van der Waals surface area contributed by atoms with Gasteiger partial charge >= 0.3 is 11.9 Å². The fraction of sp³-hybridized carbons (Fsp3) is 0.103. The summed E-state index contributed by atoms with van der Waals surface area (Å²) in [4.78, 5) is 31.4. The highest BCUT2D eigenvalue weighted by atomic mass is 79.9. The topological polar surface area (TPSA) is 134 Å². The van der Waals surface area contributed by atoms with Gasteiger partial charge in [0.2, 0.25) is 5.88 Å². The van der Waals surface area contributed by atoms with Gasteiger partial charge in [-0.1, -0.05) is 55.6 Å². The van der Waals surface area contributed by atoms with Gasteiger partial charge in [0.15, 0.2) is 11.4 Å². The lowest BCUT2D eigenvalue weighted by atomic mass is 10.2. The standard InChI is InChI=1S/C15H12BrN3O3.C14H9BrClN3O2/c1-2-22-13-7-12-11(8-17-13)14(15(20)21)18-19(12)10-5-3-4-9(16)6-10;1-21-14(20)13-10-7-17-12(16)6-11(10)19(18-13)9-4-2-3-8(15)5-9/h3-8H,2H2,1H3,(H,20,21);2-7H,1H3. The molecule has 0 radical (unpaired) electrons. The van der Waals surface area contributed by atoms with Gasteiger partial charge in [0, 0.05) is 33.5 Å². The largest absolute Gasteiger partial charge is 0.478 e. The first kappa shape index (κ1) is 30.1. The van der Waals surface area contributed by atoms with Crippen molar-refractivity contribution in [1.82, 2.24) is 29.5 Å². The van der Waals surface area contributed by atoms with E-state index in [1.165, 1.54) is 19.5 Å². The number of nitrogens with zero attached hydrogens (tertiary/aromatic N) is 6. The van der Waals surface area contributed by atoms with Gasteiger partial charge in [0.1, 0.15) is 5.15 Å². The molecule has 0 saturated heterocycles. The molecule has 4 aromatic heterocycles. The molecule has 14 heteroatoms. The fourth-order valence-electron chi connectivity index (χ4n) is 4.22. The Bertz CT molecular complexity index is 1990. The van der Waals surface area contributed by atoms with Gasteiger partial charge in [-0.05, 0) is 43.3 Å². The van der Waals surface area contributed by atoms with Crippen molar-refractivity contribution in [2.24, 2.45) is 0 Å². The maximum atomic E-state index is 11.9. The van der Waals surface area contributed by atoms with Gasteiger partial charge in [-0.2, -0.15) is 10.2 Å². The van der Waals surface area contributed by atoms with E-state index in [1.807, 2.05) is 55.5 Å². The lowest BCUT2D eigenvalue weighted by Gasteiger charge is -2.05. The summed E-state index contributed by atoms with van der Waals surface area (Å²) in [6.45, 7) is 2.34. The summed E-state index contributed by atoms with van der Waals surface area (Å²) in [6.07, 6.45) is 3.00. The SMILES string of the molecule is CCOc1cc2c(cn1)c(C(=O)O)nn2-c1cccc(Br)c1.COC(=O)c1nn(-c2cccc(Br)c2)c2cc(Cl)ncc12. The van der Waals surface area contributed by atoms with Crippen molar-refractivity contribution in [3.05, 3.63) is 98.5 Å². The van der Waals surface area contributed by atoms with Crippen LogP contribution in [-0.2, 0) is 4.74 Å². The minimum absolute atomic E-state index is 0.0366. The highest BCUT2D eigenvalue weighted by molar-refractivity contribution is 9.10. The summed E-state index contributed by atoms with van der Waals surface area (Å²) in [5.74, 6) is -1.18. The van der Waals surface area contributed by atoms with Crippen molar-refractivity contribution < 1.29 is 24.2 Å². The number of pyridine rings is 2. The number of aromatic nitrogens is 6. The molecule has 0 saturated carbocycles. The van der Waals surface area contributed by atoms with Crippen LogP contribution in [0, 0.1) is 0 Å². The van der Waals surface area contributed by atoms with Crippen molar-refractivity contribution >= 4 is 77.2 Å². The third kappa shape index (κ3) is 6.38. The van der Waals surface area contributed by atoms with Crippen LogP contribution in [0.4, 0.5) is 0 Å². The molecular formula is C29H21Br2ClN6O5. The molecule has 0 spiro atoms. The van der Waals surface area contributed by atoms with Crippen LogP contribution in [0.3, 0.4) is 0 Å². The molecule has 2 aromatic carbocycles. The molecule has 4 heterocycles. The number of halogens is 3. The van der Waals surface area contributed by atoms with E-state index in [4.69, 9.17) is 21.1 Å². The summed E-state index contributed by atoms with van der Waals surface area (Å²) in [5, 5.41) is 19.2. The summed E-state index contributed by atoms with van der Waals surface area (Å²) in [6, 6.07) is 18.4. The van der Waals surface area contributed by atoms with Crippen molar-refractivity contribution in [2.45, 2.75) is 6.92 Å². The predicted molar refractivity (Wildman–Crippen MR) is 168 cm³/mol. The van der Waals surface area contributed by atoms with Crippen LogP contribution >= 0.6 is 43.5 Å². The molecule has 0 bridgehead atoms.